The monoisotopic (exact) mass is 573 g/mol. The largest absolute Gasteiger partial charge is 0.497 e. The first-order chi connectivity index (χ1) is 18.5. The average Bonchev–Trinajstić information content (AvgIpc) is 2.97. The summed E-state index contributed by atoms with van der Waals surface area (Å²) in [6, 6.07) is 14.9. The molecule has 2 aromatic rings. The molecule has 0 fully saturated rings. The molecule has 4 rings (SSSR count). The molecule has 0 bridgehead atoms. The second kappa shape index (κ2) is 15.7. The summed E-state index contributed by atoms with van der Waals surface area (Å²) >= 11 is 0. The van der Waals surface area contributed by atoms with Crippen LogP contribution in [0.4, 0.5) is 11.4 Å². The molecule has 0 aliphatic heterocycles. The molecular formula is C30H30CoN2O6. The molecule has 0 saturated heterocycles. The zero-order chi connectivity index (χ0) is 27.3. The number of Topliss-reactive ketones (excluding diaryl/α,β-unsaturated/α-hetero) is 2. The van der Waals surface area contributed by atoms with Crippen LogP contribution in [0.5, 0.6) is 11.5 Å². The summed E-state index contributed by atoms with van der Waals surface area (Å²) in [4.78, 5) is 23.8. The number of methoxy groups -OCH3 is 4. The molecule has 0 aromatic heterocycles. The third-order valence-electron chi connectivity index (χ3n) is 5.43. The maximum absolute atomic E-state index is 11.9. The maximum Gasteiger partial charge on any atom is 0.228 e. The van der Waals surface area contributed by atoms with Crippen molar-refractivity contribution >= 4 is 22.9 Å². The number of hydrogen-bond acceptors (Lipinski definition) is 8. The smallest absolute Gasteiger partial charge is 0.228 e. The molecular weight excluding hydrogens is 543 g/mol. The quantitative estimate of drug-likeness (QED) is 0.410. The molecule has 39 heavy (non-hydrogen) atoms. The van der Waals surface area contributed by atoms with Gasteiger partial charge in [0.25, 0.3) is 0 Å². The fourth-order valence-corrected chi connectivity index (χ4v) is 3.31. The van der Waals surface area contributed by atoms with Crippen LogP contribution >= 0.6 is 0 Å². The topological polar surface area (TPSA) is 95.1 Å². The molecule has 0 unspecified atom stereocenters. The van der Waals surface area contributed by atoms with Crippen LogP contribution in [0.1, 0.15) is 0 Å². The van der Waals surface area contributed by atoms with E-state index in [4.69, 9.17) is 18.9 Å². The van der Waals surface area contributed by atoms with Gasteiger partial charge in [-0.15, -0.1) is 0 Å². The van der Waals surface area contributed by atoms with Crippen molar-refractivity contribution < 1.29 is 45.3 Å². The van der Waals surface area contributed by atoms with E-state index in [2.05, 4.69) is 10.6 Å². The van der Waals surface area contributed by atoms with Crippen molar-refractivity contribution in [2.75, 3.05) is 39.1 Å². The van der Waals surface area contributed by atoms with Gasteiger partial charge in [0.15, 0.2) is 11.5 Å². The van der Waals surface area contributed by atoms with Crippen molar-refractivity contribution in [2.45, 2.75) is 0 Å². The van der Waals surface area contributed by atoms with Crippen molar-refractivity contribution in [3.8, 4) is 11.5 Å². The molecule has 2 N–H and O–H groups in total. The van der Waals surface area contributed by atoms with Crippen LogP contribution in [-0.2, 0) is 35.8 Å². The van der Waals surface area contributed by atoms with Crippen molar-refractivity contribution in [1.29, 1.82) is 0 Å². The molecule has 0 heterocycles. The van der Waals surface area contributed by atoms with Crippen LogP contribution in [0.3, 0.4) is 0 Å². The van der Waals surface area contributed by atoms with Gasteiger partial charge in [-0.05, 0) is 72.8 Å². The van der Waals surface area contributed by atoms with Crippen LogP contribution in [0.2, 0.25) is 0 Å². The first-order valence-electron chi connectivity index (χ1n) is 11.6. The summed E-state index contributed by atoms with van der Waals surface area (Å²) in [7, 11) is 6.21. The van der Waals surface area contributed by atoms with E-state index in [1.54, 1.807) is 63.1 Å². The zero-order valence-corrected chi connectivity index (χ0v) is 23.1. The van der Waals surface area contributed by atoms with E-state index in [1.807, 2.05) is 48.5 Å². The number of hydrogen-bond donors (Lipinski definition) is 2. The van der Waals surface area contributed by atoms with E-state index in [0.717, 1.165) is 22.9 Å². The predicted molar refractivity (Wildman–Crippen MR) is 148 cm³/mol. The second-order valence-electron chi connectivity index (χ2n) is 7.79. The van der Waals surface area contributed by atoms with Crippen LogP contribution < -0.4 is 20.1 Å². The molecule has 0 saturated carbocycles. The Kier molecular flexibility index (Phi) is 12.4. The van der Waals surface area contributed by atoms with Crippen molar-refractivity contribution in [3.05, 3.63) is 120 Å². The molecule has 2 aliphatic carbocycles. The Hall–Kier alpha value is -4.47. The van der Waals surface area contributed by atoms with Crippen LogP contribution in [0.15, 0.2) is 120 Å². The molecule has 0 amide bonds. The van der Waals surface area contributed by atoms with E-state index in [-0.39, 0.29) is 28.3 Å². The van der Waals surface area contributed by atoms with E-state index in [9.17, 15) is 9.59 Å². The molecule has 205 valence electrons. The zero-order valence-electron chi connectivity index (χ0n) is 22.0. The number of benzene rings is 2. The molecule has 0 atom stereocenters. The number of carbonyl (C=O) groups excluding carboxylic acids is 2. The van der Waals surface area contributed by atoms with E-state index in [1.165, 1.54) is 14.2 Å². The Morgan fingerprint density at radius 2 is 0.923 bits per heavy atom. The number of ether oxygens (including phenoxy) is 4. The summed E-state index contributed by atoms with van der Waals surface area (Å²) in [6.45, 7) is 0. The molecule has 1 radical (unpaired) electrons. The fourth-order valence-electron chi connectivity index (χ4n) is 3.31. The Balaban J connectivity index is 0.000000267. The van der Waals surface area contributed by atoms with Crippen LogP contribution in [-0.4, -0.2) is 40.0 Å². The summed E-state index contributed by atoms with van der Waals surface area (Å²) in [5.41, 5.74) is 2.86. The van der Waals surface area contributed by atoms with Crippen molar-refractivity contribution in [2.24, 2.45) is 0 Å². The van der Waals surface area contributed by atoms with Gasteiger partial charge >= 0.3 is 0 Å². The standard InChI is InChI=1S/2C15H15NO3.Co/c2*1-18-13-8-6-12(7-9-13)16-10-11-4-3-5-14(19-2)15(11)17;/h2*3-10,16H,1-2H3;. The Labute approximate surface area is 238 Å². The number of ketones is 2. The Morgan fingerprint density at radius 3 is 1.23 bits per heavy atom. The SMILES string of the molecule is COC1=CC=CC(=CNc2ccc(OC)cc2)C1=O.COC1=CC=CC(=CNc2ccc(OC)cc2)C1=O.[Co]. The van der Waals surface area contributed by atoms with Gasteiger partial charge in [-0.3, -0.25) is 9.59 Å². The fraction of sp³-hybridized carbons (Fsp3) is 0.133. The Bertz CT molecular complexity index is 1220. The second-order valence-corrected chi connectivity index (χ2v) is 7.79. The van der Waals surface area contributed by atoms with Gasteiger partial charge in [0.1, 0.15) is 11.5 Å². The predicted octanol–water partition coefficient (Wildman–Crippen LogP) is 5.32. The first-order valence-corrected chi connectivity index (χ1v) is 11.6. The number of allylic oxidation sites excluding steroid dienone is 8. The number of anilines is 2. The average molecular weight is 574 g/mol. The van der Waals surface area contributed by atoms with Gasteiger partial charge in [0.2, 0.25) is 11.6 Å². The number of nitrogens with one attached hydrogen (secondary N) is 2. The number of carbonyl (C=O) groups is 2. The minimum Gasteiger partial charge on any atom is -0.497 e. The Morgan fingerprint density at radius 1 is 0.564 bits per heavy atom. The van der Waals surface area contributed by atoms with E-state index < -0.39 is 0 Å². The van der Waals surface area contributed by atoms with Gasteiger partial charge in [0.05, 0.1) is 28.4 Å². The van der Waals surface area contributed by atoms with E-state index >= 15 is 0 Å². The summed E-state index contributed by atoms with van der Waals surface area (Å²) in [5.74, 6) is 1.99. The summed E-state index contributed by atoms with van der Waals surface area (Å²) in [6.07, 6.45) is 13.6. The van der Waals surface area contributed by atoms with Gasteiger partial charge in [0, 0.05) is 51.7 Å². The third kappa shape index (κ3) is 8.80. The van der Waals surface area contributed by atoms with Gasteiger partial charge < -0.3 is 29.6 Å². The summed E-state index contributed by atoms with van der Waals surface area (Å²) < 4.78 is 20.1. The van der Waals surface area contributed by atoms with Gasteiger partial charge in [-0.25, -0.2) is 0 Å². The normalized spacial score (nSPS) is 15.8. The van der Waals surface area contributed by atoms with Gasteiger partial charge in [-0.2, -0.15) is 0 Å². The minimum atomic E-state index is -0.133. The molecule has 0 spiro atoms. The third-order valence-corrected chi connectivity index (χ3v) is 5.43. The summed E-state index contributed by atoms with van der Waals surface area (Å²) in [5, 5.41) is 6.14. The van der Waals surface area contributed by atoms with E-state index in [0.29, 0.717) is 22.7 Å². The van der Waals surface area contributed by atoms with Gasteiger partial charge in [-0.1, -0.05) is 12.2 Å². The molecule has 9 heteroatoms. The van der Waals surface area contributed by atoms with Crippen LogP contribution in [0.25, 0.3) is 0 Å². The van der Waals surface area contributed by atoms with Crippen molar-refractivity contribution in [3.63, 3.8) is 0 Å². The van der Waals surface area contributed by atoms with Crippen molar-refractivity contribution in [1.82, 2.24) is 0 Å². The molecule has 8 nitrogen and oxygen atoms in total. The maximum atomic E-state index is 11.9. The van der Waals surface area contributed by atoms with Crippen LogP contribution in [0, 0.1) is 0 Å². The first kappa shape index (κ1) is 30.7. The minimum absolute atomic E-state index is 0. The molecule has 2 aliphatic rings. The molecule has 2 aromatic carbocycles. The number of rotatable bonds is 8.